The van der Waals surface area contributed by atoms with Crippen LogP contribution in [-0.2, 0) is 15.7 Å². The van der Waals surface area contributed by atoms with Gasteiger partial charge in [0.25, 0.3) is 5.91 Å². The van der Waals surface area contributed by atoms with E-state index in [-0.39, 0.29) is 30.9 Å². The number of carbonyl (C=O) groups excluding carboxylic acids is 2. The second-order valence-electron chi connectivity index (χ2n) is 6.29. The summed E-state index contributed by atoms with van der Waals surface area (Å²) in [6.45, 7) is 0.319. The number of esters is 1. The molecular formula is C20H18F3N3O3. The molecule has 1 amide bonds. The number of methoxy groups -OCH3 is 1. The zero-order valence-electron chi connectivity index (χ0n) is 15.5. The second-order valence-corrected chi connectivity index (χ2v) is 6.29. The SMILES string of the molecule is COC(=O)c1ccccc1NC(=O)C1=CCN(c2ncccc2C(F)(F)F)CC1. The van der Waals surface area contributed by atoms with Gasteiger partial charge >= 0.3 is 12.1 Å². The number of ether oxygens (including phenoxy) is 1. The van der Waals surface area contributed by atoms with E-state index in [4.69, 9.17) is 4.74 Å². The molecule has 152 valence electrons. The van der Waals surface area contributed by atoms with Crippen LogP contribution in [0, 0.1) is 0 Å². The molecule has 1 N–H and O–H groups in total. The van der Waals surface area contributed by atoms with Gasteiger partial charge in [-0.05, 0) is 30.7 Å². The van der Waals surface area contributed by atoms with E-state index < -0.39 is 23.6 Å². The van der Waals surface area contributed by atoms with Crippen LogP contribution >= 0.6 is 0 Å². The van der Waals surface area contributed by atoms with Gasteiger partial charge in [0.1, 0.15) is 5.82 Å². The first-order chi connectivity index (χ1) is 13.8. The van der Waals surface area contributed by atoms with Crippen molar-refractivity contribution in [3.63, 3.8) is 0 Å². The van der Waals surface area contributed by atoms with Crippen molar-refractivity contribution in [2.45, 2.75) is 12.6 Å². The first-order valence-electron chi connectivity index (χ1n) is 8.76. The van der Waals surface area contributed by atoms with Gasteiger partial charge in [0.05, 0.1) is 23.9 Å². The molecule has 1 aromatic carbocycles. The number of nitrogens with one attached hydrogen (secondary N) is 1. The summed E-state index contributed by atoms with van der Waals surface area (Å²) in [5.41, 5.74) is 0.125. The van der Waals surface area contributed by atoms with Gasteiger partial charge in [-0.3, -0.25) is 4.79 Å². The number of carbonyl (C=O) groups is 2. The van der Waals surface area contributed by atoms with E-state index in [9.17, 15) is 22.8 Å². The summed E-state index contributed by atoms with van der Waals surface area (Å²) in [6, 6.07) is 8.63. The first kappa shape index (κ1) is 20.4. The summed E-state index contributed by atoms with van der Waals surface area (Å²) >= 11 is 0. The summed E-state index contributed by atoms with van der Waals surface area (Å²) < 4.78 is 44.3. The molecule has 0 spiro atoms. The smallest absolute Gasteiger partial charge is 0.419 e. The molecule has 2 aromatic rings. The molecule has 9 heteroatoms. The highest BCUT2D eigenvalue weighted by molar-refractivity contribution is 6.07. The quantitative estimate of drug-likeness (QED) is 0.786. The number of hydrogen-bond donors (Lipinski definition) is 1. The molecule has 1 aliphatic heterocycles. The number of aromatic nitrogens is 1. The fourth-order valence-corrected chi connectivity index (χ4v) is 3.02. The maximum Gasteiger partial charge on any atom is 0.419 e. The number of benzene rings is 1. The summed E-state index contributed by atoms with van der Waals surface area (Å²) in [5.74, 6) is -1.16. The Morgan fingerprint density at radius 3 is 2.59 bits per heavy atom. The maximum atomic E-state index is 13.2. The molecule has 6 nitrogen and oxygen atoms in total. The van der Waals surface area contributed by atoms with Crippen molar-refractivity contribution >= 4 is 23.4 Å². The number of pyridine rings is 1. The molecule has 0 unspecified atom stereocenters. The van der Waals surface area contributed by atoms with Crippen LogP contribution in [0.15, 0.2) is 54.2 Å². The Balaban J connectivity index is 1.74. The Kier molecular flexibility index (Phi) is 5.86. The number of rotatable bonds is 4. The average molecular weight is 405 g/mol. The van der Waals surface area contributed by atoms with E-state index >= 15 is 0 Å². The number of hydrogen-bond acceptors (Lipinski definition) is 5. The first-order valence-corrected chi connectivity index (χ1v) is 8.76. The van der Waals surface area contributed by atoms with Crippen molar-refractivity contribution in [2.24, 2.45) is 0 Å². The van der Waals surface area contributed by atoms with Gasteiger partial charge in [-0.2, -0.15) is 13.2 Å². The van der Waals surface area contributed by atoms with Gasteiger partial charge in [0.2, 0.25) is 0 Å². The van der Waals surface area contributed by atoms with E-state index in [1.807, 2.05) is 0 Å². The van der Waals surface area contributed by atoms with Crippen LogP contribution in [0.25, 0.3) is 0 Å². The monoisotopic (exact) mass is 405 g/mol. The van der Waals surface area contributed by atoms with Crippen molar-refractivity contribution in [2.75, 3.05) is 30.4 Å². The molecule has 0 fully saturated rings. The van der Waals surface area contributed by atoms with Gasteiger partial charge in [0.15, 0.2) is 0 Å². The minimum absolute atomic E-state index is 0.113. The van der Waals surface area contributed by atoms with Gasteiger partial charge in [0, 0.05) is 24.9 Å². The predicted octanol–water partition coefficient (Wildman–Crippen LogP) is 3.66. The van der Waals surface area contributed by atoms with Gasteiger partial charge in [-0.1, -0.05) is 18.2 Å². The third-order valence-corrected chi connectivity index (χ3v) is 4.47. The normalized spacial score (nSPS) is 14.2. The van der Waals surface area contributed by atoms with E-state index in [0.29, 0.717) is 11.3 Å². The van der Waals surface area contributed by atoms with Crippen LogP contribution in [0.1, 0.15) is 22.3 Å². The van der Waals surface area contributed by atoms with E-state index in [1.54, 1.807) is 24.3 Å². The molecule has 2 heterocycles. The van der Waals surface area contributed by atoms with Gasteiger partial charge in [-0.15, -0.1) is 0 Å². The van der Waals surface area contributed by atoms with Crippen LogP contribution < -0.4 is 10.2 Å². The molecule has 0 radical (unpaired) electrons. The number of para-hydroxylation sites is 1. The lowest BCUT2D eigenvalue weighted by molar-refractivity contribution is -0.137. The zero-order valence-corrected chi connectivity index (χ0v) is 15.5. The standard InChI is InChI=1S/C20H18F3N3O3/c1-29-19(28)14-5-2-3-7-16(14)25-18(27)13-8-11-26(12-9-13)17-15(20(21,22)23)6-4-10-24-17/h2-8,10H,9,11-12H2,1H3,(H,25,27). The number of alkyl halides is 3. The van der Waals surface area contributed by atoms with Crippen molar-refractivity contribution in [1.29, 1.82) is 0 Å². The van der Waals surface area contributed by atoms with Crippen molar-refractivity contribution in [3.8, 4) is 0 Å². The Hall–Kier alpha value is -3.36. The maximum absolute atomic E-state index is 13.2. The highest BCUT2D eigenvalue weighted by atomic mass is 19.4. The fourth-order valence-electron chi connectivity index (χ4n) is 3.02. The molecular weight excluding hydrogens is 387 g/mol. The van der Waals surface area contributed by atoms with Crippen molar-refractivity contribution in [1.82, 2.24) is 4.98 Å². The van der Waals surface area contributed by atoms with Crippen LogP contribution in [0.3, 0.4) is 0 Å². The van der Waals surface area contributed by atoms with Gasteiger partial charge in [-0.25, -0.2) is 9.78 Å². The van der Waals surface area contributed by atoms with Crippen LogP contribution in [-0.4, -0.2) is 37.1 Å². The molecule has 0 bridgehead atoms. The molecule has 3 rings (SSSR count). The minimum Gasteiger partial charge on any atom is -0.465 e. The van der Waals surface area contributed by atoms with Crippen LogP contribution in [0.5, 0.6) is 0 Å². The predicted molar refractivity (Wildman–Crippen MR) is 101 cm³/mol. The zero-order chi connectivity index (χ0) is 21.0. The third kappa shape index (κ3) is 4.56. The molecule has 1 aliphatic rings. The lowest BCUT2D eigenvalue weighted by Crippen LogP contribution is -2.33. The Bertz CT molecular complexity index is 957. The average Bonchev–Trinajstić information content (AvgIpc) is 2.73. The Morgan fingerprint density at radius 2 is 1.93 bits per heavy atom. The summed E-state index contributed by atoms with van der Waals surface area (Å²) in [7, 11) is 1.24. The van der Waals surface area contributed by atoms with Gasteiger partial charge < -0.3 is 15.0 Å². The van der Waals surface area contributed by atoms with Crippen LogP contribution in [0.4, 0.5) is 24.7 Å². The fraction of sp³-hybridized carbons (Fsp3) is 0.250. The summed E-state index contributed by atoms with van der Waals surface area (Å²) in [6.07, 6.45) is -1.41. The van der Waals surface area contributed by atoms with Crippen molar-refractivity contribution < 1.29 is 27.5 Å². The molecule has 29 heavy (non-hydrogen) atoms. The van der Waals surface area contributed by atoms with E-state index in [0.717, 1.165) is 6.07 Å². The van der Waals surface area contributed by atoms with E-state index in [2.05, 4.69) is 10.3 Å². The van der Waals surface area contributed by atoms with Crippen LogP contribution in [0.2, 0.25) is 0 Å². The number of nitrogens with zero attached hydrogens (tertiary/aromatic N) is 2. The Morgan fingerprint density at radius 1 is 1.17 bits per heavy atom. The molecule has 0 aliphatic carbocycles. The third-order valence-electron chi connectivity index (χ3n) is 4.47. The second kappa shape index (κ2) is 8.34. The Labute approximate surface area is 165 Å². The summed E-state index contributed by atoms with van der Waals surface area (Å²) in [4.78, 5) is 29.7. The van der Waals surface area contributed by atoms with Crippen molar-refractivity contribution in [3.05, 3.63) is 65.4 Å². The summed E-state index contributed by atoms with van der Waals surface area (Å²) in [5, 5.41) is 2.66. The van der Waals surface area contributed by atoms with E-state index in [1.165, 1.54) is 30.3 Å². The molecule has 0 saturated carbocycles. The topological polar surface area (TPSA) is 71.5 Å². The lowest BCUT2D eigenvalue weighted by Gasteiger charge is -2.29. The highest BCUT2D eigenvalue weighted by Crippen LogP contribution is 2.35. The number of amides is 1. The molecule has 0 saturated heterocycles. The largest absolute Gasteiger partial charge is 0.465 e. The lowest BCUT2D eigenvalue weighted by atomic mass is 10.1. The molecule has 0 atom stereocenters. The minimum atomic E-state index is -4.51. The molecule has 1 aromatic heterocycles. The number of anilines is 2. The number of halogens is 3. The highest BCUT2D eigenvalue weighted by Gasteiger charge is 2.36.